The third kappa shape index (κ3) is 3.33. The summed E-state index contributed by atoms with van der Waals surface area (Å²) in [5.74, 6) is 0.280. The van der Waals surface area contributed by atoms with Gasteiger partial charge < -0.3 is 0 Å². The summed E-state index contributed by atoms with van der Waals surface area (Å²) < 4.78 is 0. The number of benzene rings is 1. The first-order valence-corrected chi connectivity index (χ1v) is 6.92. The smallest absolute Gasteiger partial charge is 0.131 e. The summed E-state index contributed by atoms with van der Waals surface area (Å²) in [4.78, 5) is 13.6. The predicted molar refractivity (Wildman–Crippen MR) is 74.9 cm³/mol. The highest BCUT2D eigenvalue weighted by Gasteiger charge is 2.25. The van der Waals surface area contributed by atoms with E-state index in [1.807, 2.05) is 13.0 Å². The lowest BCUT2D eigenvalue weighted by atomic mass is 10.1. The highest BCUT2D eigenvalue weighted by atomic mass is 35.5. The lowest BCUT2D eigenvalue weighted by Crippen LogP contribution is -2.30. The minimum absolute atomic E-state index is 0.280. The summed E-state index contributed by atoms with van der Waals surface area (Å²) in [6.45, 7) is 5.65. The average molecular weight is 266 g/mol. The fourth-order valence-corrected chi connectivity index (χ4v) is 2.96. The molecule has 3 heteroatoms. The molecule has 1 heterocycles. The highest BCUT2D eigenvalue weighted by Crippen LogP contribution is 2.26. The summed E-state index contributed by atoms with van der Waals surface area (Å²) in [5, 5.41) is 0.837. The van der Waals surface area contributed by atoms with Crippen molar-refractivity contribution < 1.29 is 4.79 Å². The molecule has 1 aliphatic rings. The second-order valence-corrected chi connectivity index (χ2v) is 5.67. The first-order valence-electron chi connectivity index (χ1n) is 6.55. The Hall–Kier alpha value is -0.860. The molecule has 98 valence electrons. The molecule has 1 aromatic carbocycles. The van der Waals surface area contributed by atoms with E-state index < -0.39 is 0 Å². The molecule has 18 heavy (non-hydrogen) atoms. The fraction of sp³-hybridized carbons (Fsp3) is 0.533. The van der Waals surface area contributed by atoms with Gasteiger partial charge in [-0.15, -0.1) is 0 Å². The minimum atomic E-state index is 0.280. The Labute approximate surface area is 114 Å². The molecule has 0 aliphatic carbocycles. The van der Waals surface area contributed by atoms with E-state index >= 15 is 0 Å². The Balaban J connectivity index is 2.05. The Morgan fingerprint density at radius 1 is 1.50 bits per heavy atom. The Morgan fingerprint density at radius 2 is 2.28 bits per heavy atom. The Bertz CT molecular complexity index is 444. The zero-order valence-corrected chi connectivity index (χ0v) is 11.8. The van der Waals surface area contributed by atoms with Gasteiger partial charge in [0, 0.05) is 24.0 Å². The van der Waals surface area contributed by atoms with E-state index in [0.29, 0.717) is 12.5 Å². The molecule has 0 N–H and O–H groups in total. The molecule has 0 amide bonds. The second-order valence-electron chi connectivity index (χ2n) is 5.27. The van der Waals surface area contributed by atoms with E-state index in [-0.39, 0.29) is 5.78 Å². The van der Waals surface area contributed by atoms with Gasteiger partial charge in [0.2, 0.25) is 0 Å². The number of carbonyl (C=O) groups is 1. The largest absolute Gasteiger partial charge is 0.300 e. The summed E-state index contributed by atoms with van der Waals surface area (Å²) >= 11 is 6.27. The maximum absolute atomic E-state index is 11.3. The van der Waals surface area contributed by atoms with Crippen molar-refractivity contribution in [3.8, 4) is 0 Å². The molecule has 1 atom stereocenters. The lowest BCUT2D eigenvalue weighted by Gasteiger charge is -2.24. The number of aryl methyl sites for hydroxylation is 1. The van der Waals surface area contributed by atoms with E-state index in [0.717, 1.165) is 30.1 Å². The summed E-state index contributed by atoms with van der Waals surface area (Å²) in [5.41, 5.74) is 2.35. The van der Waals surface area contributed by atoms with E-state index in [1.54, 1.807) is 6.92 Å². The summed E-state index contributed by atoms with van der Waals surface area (Å²) in [6.07, 6.45) is 2.98. The topological polar surface area (TPSA) is 20.3 Å². The number of halogens is 1. The number of ketones is 1. The molecule has 0 saturated carbocycles. The van der Waals surface area contributed by atoms with Crippen LogP contribution in [-0.2, 0) is 11.3 Å². The van der Waals surface area contributed by atoms with Crippen LogP contribution >= 0.6 is 11.6 Å². The molecule has 0 spiro atoms. The number of hydrogen-bond donors (Lipinski definition) is 0. The van der Waals surface area contributed by atoms with Crippen molar-refractivity contribution in [3.63, 3.8) is 0 Å². The van der Waals surface area contributed by atoms with Gasteiger partial charge in [0.05, 0.1) is 0 Å². The van der Waals surface area contributed by atoms with Crippen LogP contribution < -0.4 is 0 Å². The number of Topliss-reactive ketones (excluding diaryl/α,β-unsaturated/α-hetero) is 1. The van der Waals surface area contributed by atoms with Crippen molar-refractivity contribution in [1.29, 1.82) is 0 Å². The van der Waals surface area contributed by atoms with Crippen molar-refractivity contribution in [2.45, 2.75) is 45.7 Å². The van der Waals surface area contributed by atoms with E-state index in [1.165, 1.54) is 12.0 Å². The summed E-state index contributed by atoms with van der Waals surface area (Å²) in [6, 6.07) is 6.60. The van der Waals surface area contributed by atoms with Crippen LogP contribution in [-0.4, -0.2) is 23.3 Å². The molecule has 0 aromatic heterocycles. The first-order chi connectivity index (χ1) is 8.56. The van der Waals surface area contributed by atoms with Crippen LogP contribution in [0.4, 0.5) is 0 Å². The SMILES string of the molecule is CC(=O)CC1CCCN1Cc1ccc(C)cc1Cl. The zero-order chi connectivity index (χ0) is 13.1. The average Bonchev–Trinajstić information content (AvgIpc) is 2.69. The zero-order valence-electron chi connectivity index (χ0n) is 11.1. The quantitative estimate of drug-likeness (QED) is 0.829. The van der Waals surface area contributed by atoms with Crippen molar-refractivity contribution in [2.75, 3.05) is 6.54 Å². The van der Waals surface area contributed by atoms with Gasteiger partial charge in [-0.25, -0.2) is 0 Å². The van der Waals surface area contributed by atoms with E-state index in [2.05, 4.69) is 17.0 Å². The minimum Gasteiger partial charge on any atom is -0.300 e. The van der Waals surface area contributed by atoms with Crippen LogP contribution in [0.1, 0.15) is 37.3 Å². The Morgan fingerprint density at radius 3 is 2.94 bits per heavy atom. The van der Waals surface area contributed by atoms with Gasteiger partial charge in [0.1, 0.15) is 5.78 Å². The van der Waals surface area contributed by atoms with Crippen LogP contribution in [0.25, 0.3) is 0 Å². The Kier molecular flexibility index (Phi) is 4.41. The van der Waals surface area contributed by atoms with Gasteiger partial charge in [-0.2, -0.15) is 0 Å². The van der Waals surface area contributed by atoms with Gasteiger partial charge in [0.25, 0.3) is 0 Å². The molecule has 1 unspecified atom stereocenters. The van der Waals surface area contributed by atoms with Gasteiger partial charge in [0.15, 0.2) is 0 Å². The number of carbonyl (C=O) groups excluding carboxylic acids is 1. The maximum Gasteiger partial charge on any atom is 0.131 e. The first kappa shape index (κ1) is 13.6. The number of nitrogens with zero attached hydrogens (tertiary/aromatic N) is 1. The molecule has 1 aromatic rings. The van der Waals surface area contributed by atoms with E-state index in [4.69, 9.17) is 11.6 Å². The lowest BCUT2D eigenvalue weighted by molar-refractivity contribution is -0.118. The fourth-order valence-electron chi connectivity index (χ4n) is 2.67. The summed E-state index contributed by atoms with van der Waals surface area (Å²) in [7, 11) is 0. The monoisotopic (exact) mass is 265 g/mol. The molecular formula is C15H20ClNO. The van der Waals surface area contributed by atoms with Crippen LogP contribution in [0, 0.1) is 6.92 Å². The predicted octanol–water partition coefficient (Wildman–Crippen LogP) is 3.59. The van der Waals surface area contributed by atoms with Gasteiger partial charge >= 0.3 is 0 Å². The number of rotatable bonds is 4. The normalized spacial score (nSPS) is 20.3. The van der Waals surface area contributed by atoms with Gasteiger partial charge in [-0.3, -0.25) is 9.69 Å². The molecule has 0 radical (unpaired) electrons. The molecule has 0 bridgehead atoms. The van der Waals surface area contributed by atoms with E-state index in [9.17, 15) is 4.79 Å². The number of hydrogen-bond acceptors (Lipinski definition) is 2. The molecule has 1 aliphatic heterocycles. The molecular weight excluding hydrogens is 246 g/mol. The van der Waals surface area contributed by atoms with Crippen LogP contribution in [0.5, 0.6) is 0 Å². The second kappa shape index (κ2) is 5.85. The standard InChI is InChI=1S/C15H20ClNO/c1-11-5-6-13(15(16)8-11)10-17-7-3-4-14(17)9-12(2)18/h5-6,8,14H,3-4,7,9-10H2,1-2H3. The number of likely N-dealkylation sites (tertiary alicyclic amines) is 1. The van der Waals surface area contributed by atoms with Crippen molar-refractivity contribution in [2.24, 2.45) is 0 Å². The van der Waals surface area contributed by atoms with Crippen LogP contribution in [0.3, 0.4) is 0 Å². The van der Waals surface area contributed by atoms with Gasteiger partial charge in [-0.1, -0.05) is 23.7 Å². The highest BCUT2D eigenvalue weighted by molar-refractivity contribution is 6.31. The third-order valence-corrected chi connectivity index (χ3v) is 3.96. The van der Waals surface area contributed by atoms with Crippen molar-refractivity contribution in [1.82, 2.24) is 4.90 Å². The van der Waals surface area contributed by atoms with Crippen molar-refractivity contribution >= 4 is 17.4 Å². The molecule has 2 rings (SSSR count). The van der Waals surface area contributed by atoms with Crippen molar-refractivity contribution in [3.05, 3.63) is 34.3 Å². The maximum atomic E-state index is 11.3. The van der Waals surface area contributed by atoms with Crippen LogP contribution in [0.2, 0.25) is 5.02 Å². The van der Waals surface area contributed by atoms with Crippen LogP contribution in [0.15, 0.2) is 18.2 Å². The third-order valence-electron chi connectivity index (χ3n) is 3.60. The van der Waals surface area contributed by atoms with Gasteiger partial charge in [-0.05, 0) is 50.4 Å². The molecule has 1 fully saturated rings. The molecule has 1 saturated heterocycles. The molecule has 2 nitrogen and oxygen atoms in total.